The van der Waals surface area contributed by atoms with Gasteiger partial charge in [0.25, 0.3) is 0 Å². The highest BCUT2D eigenvalue weighted by atomic mass is 35.5. The number of aromatic nitrogens is 3. The topological polar surface area (TPSA) is 106 Å². The molecule has 1 aromatic heterocycles. The van der Waals surface area contributed by atoms with Crippen molar-refractivity contribution in [2.24, 2.45) is 5.73 Å². The molecule has 24 heavy (non-hydrogen) atoms. The molecule has 0 aliphatic carbocycles. The maximum atomic E-state index is 11.8. The van der Waals surface area contributed by atoms with Gasteiger partial charge in [0.15, 0.2) is 5.82 Å². The molecule has 4 N–H and O–H groups in total. The van der Waals surface area contributed by atoms with Crippen LogP contribution in [0.4, 0.5) is 0 Å². The third kappa shape index (κ3) is 5.70. The minimum absolute atomic E-state index is 0. The van der Waals surface area contributed by atoms with Crippen molar-refractivity contribution in [3.05, 3.63) is 30.1 Å². The lowest BCUT2D eigenvalue weighted by atomic mass is 10.2. The fraction of sp³-hybridized carbons (Fsp3) is 0.400. The van der Waals surface area contributed by atoms with Gasteiger partial charge in [-0.05, 0) is 42.7 Å². The van der Waals surface area contributed by atoms with Gasteiger partial charge < -0.3 is 15.8 Å². The minimum Gasteiger partial charge on any atom is -0.497 e. The summed E-state index contributed by atoms with van der Waals surface area (Å²) < 4.78 is 5.12. The summed E-state index contributed by atoms with van der Waals surface area (Å²) in [6.07, 6.45) is 2.64. The second-order valence-electron chi connectivity index (χ2n) is 4.94. The third-order valence-electron chi connectivity index (χ3n) is 3.28. The molecule has 0 saturated heterocycles. The Bertz CT molecular complexity index is 635. The van der Waals surface area contributed by atoms with Crippen molar-refractivity contribution in [2.75, 3.05) is 19.1 Å². The first-order valence-corrected chi connectivity index (χ1v) is 8.61. The predicted octanol–water partition coefficient (Wildman–Crippen LogP) is 1.60. The molecule has 0 aliphatic heterocycles. The second-order valence-corrected chi connectivity index (χ2v) is 5.93. The fourth-order valence-corrected chi connectivity index (χ4v) is 2.41. The lowest BCUT2D eigenvalue weighted by Crippen LogP contribution is -2.40. The molecule has 0 unspecified atom stereocenters. The molecule has 0 aliphatic rings. The Kier molecular flexibility index (Phi) is 8.59. The molecule has 0 radical (unpaired) electrons. The Morgan fingerprint density at radius 3 is 2.75 bits per heavy atom. The smallest absolute Gasteiger partial charge is 0.237 e. The van der Waals surface area contributed by atoms with Gasteiger partial charge in [0.05, 0.1) is 19.7 Å². The van der Waals surface area contributed by atoms with Crippen LogP contribution in [-0.4, -0.2) is 46.2 Å². The van der Waals surface area contributed by atoms with Gasteiger partial charge >= 0.3 is 0 Å². The summed E-state index contributed by atoms with van der Waals surface area (Å²) in [5.41, 5.74) is 6.68. The van der Waals surface area contributed by atoms with Crippen LogP contribution < -0.4 is 15.8 Å². The molecule has 1 heterocycles. The summed E-state index contributed by atoms with van der Waals surface area (Å²) in [5, 5.41) is 9.73. The normalized spacial score (nSPS) is 11.5. The van der Waals surface area contributed by atoms with Gasteiger partial charge in [-0.3, -0.25) is 9.89 Å². The molecule has 132 valence electrons. The van der Waals surface area contributed by atoms with E-state index in [4.69, 9.17) is 10.5 Å². The monoisotopic (exact) mass is 371 g/mol. The number of H-pyrrole nitrogens is 1. The van der Waals surface area contributed by atoms with Crippen LogP contribution in [0, 0.1) is 0 Å². The Labute approximate surface area is 151 Å². The maximum absolute atomic E-state index is 11.8. The number of hydrogen-bond donors (Lipinski definition) is 3. The van der Waals surface area contributed by atoms with Crippen LogP contribution >= 0.6 is 24.2 Å². The Morgan fingerprint density at radius 1 is 1.42 bits per heavy atom. The number of amides is 1. The fourth-order valence-electron chi connectivity index (χ4n) is 1.92. The lowest BCUT2D eigenvalue weighted by molar-refractivity contribution is -0.122. The largest absolute Gasteiger partial charge is 0.497 e. The van der Waals surface area contributed by atoms with Gasteiger partial charge in [0, 0.05) is 5.56 Å². The van der Waals surface area contributed by atoms with E-state index in [1.165, 1.54) is 0 Å². The zero-order valence-electron chi connectivity index (χ0n) is 13.6. The molecular weight excluding hydrogens is 350 g/mol. The van der Waals surface area contributed by atoms with Gasteiger partial charge in [-0.2, -0.15) is 16.9 Å². The summed E-state index contributed by atoms with van der Waals surface area (Å²) in [6.45, 7) is 0.273. The van der Waals surface area contributed by atoms with E-state index in [2.05, 4.69) is 20.5 Å². The van der Waals surface area contributed by atoms with E-state index in [1.54, 1.807) is 18.9 Å². The Hall–Kier alpha value is -1.77. The van der Waals surface area contributed by atoms with Gasteiger partial charge in [-0.25, -0.2) is 4.98 Å². The van der Waals surface area contributed by atoms with E-state index in [0.717, 1.165) is 17.1 Å². The van der Waals surface area contributed by atoms with E-state index in [0.29, 0.717) is 18.1 Å². The van der Waals surface area contributed by atoms with Crippen LogP contribution in [-0.2, 0) is 11.3 Å². The summed E-state index contributed by atoms with van der Waals surface area (Å²) in [7, 11) is 1.62. The highest BCUT2D eigenvalue weighted by Crippen LogP contribution is 2.18. The third-order valence-corrected chi connectivity index (χ3v) is 3.92. The van der Waals surface area contributed by atoms with E-state index in [-0.39, 0.29) is 24.9 Å². The quantitative estimate of drug-likeness (QED) is 0.650. The highest BCUT2D eigenvalue weighted by molar-refractivity contribution is 7.98. The molecule has 1 aromatic carbocycles. The zero-order valence-corrected chi connectivity index (χ0v) is 15.2. The van der Waals surface area contributed by atoms with Gasteiger partial charge in [-0.1, -0.05) is 0 Å². The van der Waals surface area contributed by atoms with Crippen molar-refractivity contribution in [3.8, 4) is 17.1 Å². The maximum Gasteiger partial charge on any atom is 0.237 e. The number of nitrogens with two attached hydrogens (primary N) is 1. The number of halogens is 1. The summed E-state index contributed by atoms with van der Waals surface area (Å²) >= 11 is 1.67. The molecule has 9 heteroatoms. The number of thioether (sulfide) groups is 1. The molecule has 1 atom stereocenters. The minimum atomic E-state index is -0.494. The van der Waals surface area contributed by atoms with Crippen molar-refractivity contribution in [1.29, 1.82) is 0 Å². The second kappa shape index (κ2) is 10.2. The molecule has 7 nitrogen and oxygen atoms in total. The SMILES string of the molecule is COc1ccc(-c2n[nH]c(CNC(=O)[C@@H](N)CCSC)n2)cc1.Cl. The Balaban J connectivity index is 0.00000288. The molecule has 2 rings (SSSR count). The standard InChI is InChI=1S/C15H21N5O2S.ClH/c1-22-11-5-3-10(4-6-11)14-18-13(19-20-14)9-17-15(21)12(16)7-8-23-2;/h3-6,12H,7-9,16H2,1-2H3,(H,17,21)(H,18,19,20);1H/t12-;/m0./s1. The van der Waals surface area contributed by atoms with Crippen molar-refractivity contribution < 1.29 is 9.53 Å². The number of nitrogens with zero attached hydrogens (tertiary/aromatic N) is 2. The number of benzene rings is 1. The number of carbonyl (C=O) groups excluding carboxylic acids is 1. The van der Waals surface area contributed by atoms with Crippen molar-refractivity contribution in [3.63, 3.8) is 0 Å². The van der Waals surface area contributed by atoms with E-state index in [9.17, 15) is 4.79 Å². The van der Waals surface area contributed by atoms with Gasteiger partial charge in [0.1, 0.15) is 11.6 Å². The molecule has 0 bridgehead atoms. The van der Waals surface area contributed by atoms with Crippen molar-refractivity contribution >= 4 is 30.1 Å². The molecule has 0 spiro atoms. The van der Waals surface area contributed by atoms with E-state index in [1.807, 2.05) is 30.5 Å². The molecule has 1 amide bonds. The summed E-state index contributed by atoms with van der Waals surface area (Å²) in [5.74, 6) is 2.61. The number of aromatic amines is 1. The zero-order chi connectivity index (χ0) is 16.7. The Morgan fingerprint density at radius 2 is 2.12 bits per heavy atom. The average molecular weight is 372 g/mol. The lowest BCUT2D eigenvalue weighted by Gasteiger charge is -2.10. The predicted molar refractivity (Wildman–Crippen MR) is 98.4 cm³/mol. The number of carbonyl (C=O) groups is 1. The summed E-state index contributed by atoms with van der Waals surface area (Å²) in [6, 6.07) is 6.95. The first kappa shape index (κ1) is 20.3. The van der Waals surface area contributed by atoms with Gasteiger partial charge in [-0.15, -0.1) is 12.4 Å². The van der Waals surface area contributed by atoms with Crippen LogP contribution in [0.15, 0.2) is 24.3 Å². The number of nitrogens with one attached hydrogen (secondary N) is 2. The van der Waals surface area contributed by atoms with E-state index >= 15 is 0 Å². The molecule has 2 aromatic rings. The van der Waals surface area contributed by atoms with Crippen molar-refractivity contribution in [2.45, 2.75) is 19.0 Å². The van der Waals surface area contributed by atoms with Crippen molar-refractivity contribution in [1.82, 2.24) is 20.5 Å². The van der Waals surface area contributed by atoms with Crippen LogP contribution in [0.5, 0.6) is 5.75 Å². The molecule has 0 fully saturated rings. The molecule has 0 saturated carbocycles. The number of ether oxygens (including phenoxy) is 1. The van der Waals surface area contributed by atoms with Crippen LogP contribution in [0.25, 0.3) is 11.4 Å². The molecular formula is C15H22ClN5O2S. The van der Waals surface area contributed by atoms with Crippen LogP contribution in [0.3, 0.4) is 0 Å². The number of hydrogen-bond acceptors (Lipinski definition) is 6. The van der Waals surface area contributed by atoms with Crippen LogP contribution in [0.2, 0.25) is 0 Å². The number of methoxy groups -OCH3 is 1. The first-order chi connectivity index (χ1) is 11.1. The van der Waals surface area contributed by atoms with E-state index < -0.39 is 6.04 Å². The van der Waals surface area contributed by atoms with Crippen LogP contribution in [0.1, 0.15) is 12.2 Å². The average Bonchev–Trinajstić information content (AvgIpc) is 3.06. The van der Waals surface area contributed by atoms with Gasteiger partial charge in [0.2, 0.25) is 5.91 Å². The summed E-state index contributed by atoms with van der Waals surface area (Å²) in [4.78, 5) is 16.2. The first-order valence-electron chi connectivity index (χ1n) is 7.22. The number of rotatable bonds is 8. The highest BCUT2D eigenvalue weighted by Gasteiger charge is 2.13.